The van der Waals surface area contributed by atoms with E-state index in [1.807, 2.05) is 40.7 Å². The maximum atomic E-state index is 12.3. The first-order valence-electron chi connectivity index (χ1n) is 11.6. The molecule has 188 valence electrons. The molecule has 4 aromatic rings. The smallest absolute Gasteiger partial charge is 0.408 e. The summed E-state index contributed by atoms with van der Waals surface area (Å²) in [5.41, 5.74) is 1.85. The third-order valence-electron chi connectivity index (χ3n) is 5.67. The molecule has 12 heteroatoms. The van der Waals surface area contributed by atoms with Crippen molar-refractivity contribution in [1.29, 1.82) is 0 Å². The molecule has 0 atom stereocenters. The predicted molar refractivity (Wildman–Crippen MR) is 140 cm³/mol. The van der Waals surface area contributed by atoms with Gasteiger partial charge in [-0.3, -0.25) is 4.98 Å². The average Bonchev–Trinajstić information content (AvgIpc) is 3.11. The number of alkyl carbamates (subject to hydrolysis) is 1. The molecule has 0 bridgehead atoms. The highest BCUT2D eigenvalue weighted by Gasteiger charge is 2.43. The molecule has 2 N–H and O–H groups in total. The molecule has 36 heavy (non-hydrogen) atoms. The molecule has 5 rings (SSSR count). The predicted octanol–water partition coefficient (Wildman–Crippen LogP) is 4.77. The molecular formula is C24H27ClN8O2S. The fourth-order valence-electron chi connectivity index (χ4n) is 4.16. The molecule has 5 heterocycles. The minimum absolute atomic E-state index is 0.437. The van der Waals surface area contributed by atoms with E-state index in [9.17, 15) is 4.79 Å². The van der Waals surface area contributed by atoms with Crippen molar-refractivity contribution in [1.82, 2.24) is 35.2 Å². The van der Waals surface area contributed by atoms with Gasteiger partial charge in [-0.05, 0) is 51.9 Å². The molecule has 4 aromatic heterocycles. The van der Waals surface area contributed by atoms with Crippen LogP contribution in [0.25, 0.3) is 22.2 Å². The standard InChI is InChI=1S/C24H27ClN8O2S/c1-6-14-17(25)16-19(29-14)30-21(36-13-9-15-18(28-10-13)27-8-7-26-15)31-20(16)33-11-24(5,12-33)32-22(34)35-23(2,3)4/h7-10H,6,11-12H2,1-5H3,(H,32,34)(H,29,30,31). The molecule has 1 amide bonds. The Hall–Kier alpha value is -3.18. The number of halogens is 1. The zero-order chi connectivity index (χ0) is 25.7. The van der Waals surface area contributed by atoms with Crippen LogP contribution in [0.15, 0.2) is 34.7 Å². The maximum absolute atomic E-state index is 12.3. The number of carbonyl (C=O) groups excluding carboxylic acids is 1. The van der Waals surface area contributed by atoms with Gasteiger partial charge in [0.05, 0.1) is 15.9 Å². The third kappa shape index (κ3) is 4.90. The second kappa shape index (κ2) is 9.04. The van der Waals surface area contributed by atoms with Gasteiger partial charge in [0.25, 0.3) is 0 Å². The van der Waals surface area contributed by atoms with Crippen molar-refractivity contribution >= 4 is 57.5 Å². The fraction of sp³-hybridized carbons (Fsp3) is 0.417. The molecule has 1 aliphatic rings. The summed E-state index contributed by atoms with van der Waals surface area (Å²) in [5.74, 6) is 0.723. The van der Waals surface area contributed by atoms with Crippen LogP contribution in [0.3, 0.4) is 0 Å². The van der Waals surface area contributed by atoms with Crippen molar-refractivity contribution in [2.45, 2.75) is 62.2 Å². The van der Waals surface area contributed by atoms with Crippen LogP contribution in [0.1, 0.15) is 40.3 Å². The largest absolute Gasteiger partial charge is 0.444 e. The first-order valence-corrected chi connectivity index (χ1v) is 12.8. The normalized spacial score (nSPS) is 15.2. The van der Waals surface area contributed by atoms with Crippen molar-refractivity contribution in [2.75, 3.05) is 18.0 Å². The summed E-state index contributed by atoms with van der Waals surface area (Å²) in [4.78, 5) is 41.2. The second-order valence-corrected chi connectivity index (χ2v) is 11.5. The lowest BCUT2D eigenvalue weighted by Crippen LogP contribution is -2.69. The summed E-state index contributed by atoms with van der Waals surface area (Å²) in [6, 6.07) is 1.91. The van der Waals surface area contributed by atoms with E-state index in [0.717, 1.165) is 28.2 Å². The molecule has 0 spiro atoms. The van der Waals surface area contributed by atoms with Gasteiger partial charge in [-0.15, -0.1) is 0 Å². The molecule has 0 radical (unpaired) electrons. The number of amides is 1. The van der Waals surface area contributed by atoms with Crippen LogP contribution in [-0.4, -0.2) is 60.2 Å². The van der Waals surface area contributed by atoms with Crippen LogP contribution in [0, 0.1) is 0 Å². The molecule has 0 aromatic carbocycles. The average molecular weight is 527 g/mol. The SMILES string of the molecule is CCc1[nH]c2nc(Sc3cnc4nccnc4c3)nc(N3CC(C)(NC(=O)OC(C)(C)C)C3)c2c1Cl. The lowest BCUT2D eigenvalue weighted by Gasteiger charge is -2.49. The van der Waals surface area contributed by atoms with E-state index in [1.165, 1.54) is 11.8 Å². The van der Waals surface area contributed by atoms with E-state index in [2.05, 4.69) is 30.2 Å². The van der Waals surface area contributed by atoms with Gasteiger partial charge >= 0.3 is 6.09 Å². The molecule has 1 saturated heterocycles. The van der Waals surface area contributed by atoms with E-state index >= 15 is 0 Å². The van der Waals surface area contributed by atoms with Gasteiger partial charge in [0, 0.05) is 42.3 Å². The second-order valence-electron chi connectivity index (χ2n) is 10.0. The number of anilines is 1. The monoisotopic (exact) mass is 526 g/mol. The van der Waals surface area contributed by atoms with Gasteiger partial charge in [0.2, 0.25) is 0 Å². The number of carbonyl (C=O) groups is 1. The van der Waals surface area contributed by atoms with E-state index in [-0.39, 0.29) is 0 Å². The molecule has 0 aliphatic carbocycles. The third-order valence-corrected chi connectivity index (χ3v) is 6.91. The summed E-state index contributed by atoms with van der Waals surface area (Å²) in [7, 11) is 0. The lowest BCUT2D eigenvalue weighted by atomic mass is 9.92. The number of nitrogens with one attached hydrogen (secondary N) is 2. The minimum Gasteiger partial charge on any atom is -0.444 e. The molecule has 0 unspecified atom stereocenters. The number of aromatic nitrogens is 6. The number of aryl methyl sites for hydroxylation is 1. The number of fused-ring (bicyclic) bond motifs is 2. The van der Waals surface area contributed by atoms with Crippen LogP contribution < -0.4 is 10.2 Å². The first kappa shape index (κ1) is 24.5. The summed E-state index contributed by atoms with van der Waals surface area (Å²) in [6.45, 7) is 10.7. The first-order chi connectivity index (χ1) is 17.0. The molecule has 10 nitrogen and oxygen atoms in total. The summed E-state index contributed by atoms with van der Waals surface area (Å²) in [5, 5.41) is 4.94. The van der Waals surface area contributed by atoms with E-state index in [4.69, 9.17) is 26.3 Å². The van der Waals surface area contributed by atoms with Crippen molar-refractivity contribution < 1.29 is 9.53 Å². The Bertz CT molecular complexity index is 1460. The molecule has 1 fully saturated rings. The van der Waals surface area contributed by atoms with Gasteiger partial charge in [0.1, 0.15) is 22.6 Å². The van der Waals surface area contributed by atoms with Crippen molar-refractivity contribution in [3.05, 3.63) is 35.4 Å². The zero-order valence-corrected chi connectivity index (χ0v) is 22.3. The van der Waals surface area contributed by atoms with Crippen LogP contribution in [0.5, 0.6) is 0 Å². The van der Waals surface area contributed by atoms with Crippen LogP contribution in [0.2, 0.25) is 5.02 Å². The fourth-order valence-corrected chi connectivity index (χ4v) is 5.27. The number of pyridine rings is 1. The van der Waals surface area contributed by atoms with Gasteiger partial charge in [-0.1, -0.05) is 18.5 Å². The number of hydrogen-bond donors (Lipinski definition) is 2. The molecule has 0 saturated carbocycles. The van der Waals surface area contributed by atoms with Gasteiger partial charge in [0.15, 0.2) is 10.8 Å². The van der Waals surface area contributed by atoms with E-state index < -0.39 is 17.2 Å². The quantitative estimate of drug-likeness (QED) is 0.354. The zero-order valence-electron chi connectivity index (χ0n) is 20.7. The van der Waals surface area contributed by atoms with Crippen LogP contribution >= 0.6 is 23.4 Å². The number of ether oxygens (including phenoxy) is 1. The van der Waals surface area contributed by atoms with E-state index in [1.54, 1.807) is 18.6 Å². The Morgan fingerprint density at radius 2 is 2.00 bits per heavy atom. The van der Waals surface area contributed by atoms with Crippen LogP contribution in [-0.2, 0) is 11.2 Å². The number of H-pyrrole nitrogens is 1. The Morgan fingerprint density at radius 3 is 2.72 bits per heavy atom. The summed E-state index contributed by atoms with van der Waals surface area (Å²) in [6.07, 6.45) is 5.29. The number of rotatable bonds is 5. The molecular weight excluding hydrogens is 500 g/mol. The maximum Gasteiger partial charge on any atom is 0.408 e. The van der Waals surface area contributed by atoms with Crippen molar-refractivity contribution in [3.63, 3.8) is 0 Å². The van der Waals surface area contributed by atoms with Gasteiger partial charge < -0.3 is 19.9 Å². The number of hydrogen-bond acceptors (Lipinski definition) is 9. The highest BCUT2D eigenvalue weighted by Crippen LogP contribution is 2.39. The Morgan fingerprint density at radius 1 is 1.25 bits per heavy atom. The Kier molecular flexibility index (Phi) is 6.16. The minimum atomic E-state index is -0.562. The summed E-state index contributed by atoms with van der Waals surface area (Å²) < 4.78 is 5.43. The lowest BCUT2D eigenvalue weighted by molar-refractivity contribution is 0.0445. The van der Waals surface area contributed by atoms with Gasteiger partial charge in [-0.25, -0.2) is 24.7 Å². The highest BCUT2D eigenvalue weighted by molar-refractivity contribution is 7.99. The number of aromatic amines is 1. The van der Waals surface area contributed by atoms with Gasteiger partial charge in [-0.2, -0.15) is 0 Å². The Balaban J connectivity index is 1.44. The Labute approximate surface area is 217 Å². The highest BCUT2D eigenvalue weighted by atomic mass is 35.5. The summed E-state index contributed by atoms with van der Waals surface area (Å²) >= 11 is 8.12. The molecule has 1 aliphatic heterocycles. The van der Waals surface area contributed by atoms with Crippen molar-refractivity contribution in [3.8, 4) is 0 Å². The van der Waals surface area contributed by atoms with Crippen molar-refractivity contribution in [2.24, 2.45) is 0 Å². The van der Waals surface area contributed by atoms with E-state index in [0.29, 0.717) is 40.1 Å². The van der Waals surface area contributed by atoms with Crippen LogP contribution in [0.4, 0.5) is 10.6 Å². The number of nitrogens with zero attached hydrogens (tertiary/aromatic N) is 6. The topological polar surface area (TPSA) is 122 Å².